The molecule has 0 radical (unpaired) electrons. The van der Waals surface area contributed by atoms with E-state index in [0.29, 0.717) is 41.8 Å². The summed E-state index contributed by atoms with van der Waals surface area (Å²) in [4.78, 5) is 10.2. The average Bonchev–Trinajstić information content (AvgIpc) is 2.61. The van der Waals surface area contributed by atoms with Crippen molar-refractivity contribution < 1.29 is 14.4 Å². The minimum atomic E-state index is -0.473. The Labute approximate surface area is 151 Å². The molecule has 0 atom stereocenters. The van der Waals surface area contributed by atoms with Gasteiger partial charge in [-0.2, -0.15) is 0 Å². The van der Waals surface area contributed by atoms with Gasteiger partial charge in [-0.05, 0) is 12.1 Å². The Morgan fingerprint density at radius 1 is 1.16 bits per heavy atom. The first-order valence-corrected chi connectivity index (χ1v) is 8.03. The number of nitrogens with zero attached hydrogens (tertiary/aromatic N) is 1. The molecule has 0 saturated carbocycles. The van der Waals surface area contributed by atoms with Gasteiger partial charge in [-0.15, -0.1) is 0 Å². The second kappa shape index (κ2) is 9.10. The molecule has 2 aromatic rings. The number of halogens is 1. The standard InChI is InChI=1S/C17H20ClN3O4/c1-24-16-5-3-4-12(17(16)25-2)11-19-8-9-20-15-7-6-13(21(22)23)10-14(15)18/h3-7,10,19-20H,8-9,11H2,1-2H3. The van der Waals surface area contributed by atoms with Gasteiger partial charge in [0.25, 0.3) is 5.69 Å². The van der Waals surface area contributed by atoms with E-state index in [2.05, 4.69) is 10.6 Å². The first kappa shape index (κ1) is 18.8. The summed E-state index contributed by atoms with van der Waals surface area (Å²) in [6.07, 6.45) is 0. The van der Waals surface area contributed by atoms with Gasteiger partial charge in [0.15, 0.2) is 11.5 Å². The van der Waals surface area contributed by atoms with Gasteiger partial charge in [0.2, 0.25) is 0 Å². The molecule has 0 aromatic heterocycles. The van der Waals surface area contributed by atoms with E-state index in [-0.39, 0.29) is 5.69 Å². The molecule has 0 spiro atoms. The third kappa shape index (κ3) is 4.98. The zero-order chi connectivity index (χ0) is 18.2. The molecule has 0 aliphatic rings. The summed E-state index contributed by atoms with van der Waals surface area (Å²) in [5, 5.41) is 17.5. The van der Waals surface area contributed by atoms with E-state index >= 15 is 0 Å². The van der Waals surface area contributed by atoms with Gasteiger partial charge in [0.05, 0.1) is 29.9 Å². The molecule has 2 aromatic carbocycles. The van der Waals surface area contributed by atoms with Gasteiger partial charge in [0.1, 0.15) is 0 Å². The van der Waals surface area contributed by atoms with Gasteiger partial charge in [-0.25, -0.2) is 0 Å². The molecule has 0 aliphatic carbocycles. The molecular formula is C17H20ClN3O4. The summed E-state index contributed by atoms with van der Waals surface area (Å²) in [6.45, 7) is 1.91. The van der Waals surface area contributed by atoms with Crippen LogP contribution < -0.4 is 20.1 Å². The van der Waals surface area contributed by atoms with Crippen LogP contribution in [0.5, 0.6) is 11.5 Å². The van der Waals surface area contributed by atoms with Crippen LogP contribution >= 0.6 is 11.6 Å². The van der Waals surface area contributed by atoms with Crippen molar-refractivity contribution in [3.63, 3.8) is 0 Å². The highest BCUT2D eigenvalue weighted by molar-refractivity contribution is 6.33. The number of nitro groups is 1. The molecule has 0 bridgehead atoms. The quantitative estimate of drug-likeness (QED) is 0.402. The van der Waals surface area contributed by atoms with Crippen LogP contribution in [0.25, 0.3) is 0 Å². The molecule has 0 aliphatic heterocycles. The Hall–Kier alpha value is -2.51. The number of nitrogens with one attached hydrogen (secondary N) is 2. The highest BCUT2D eigenvalue weighted by atomic mass is 35.5. The second-order valence-electron chi connectivity index (χ2n) is 5.18. The van der Waals surface area contributed by atoms with E-state index < -0.39 is 4.92 Å². The van der Waals surface area contributed by atoms with E-state index in [1.807, 2.05) is 18.2 Å². The lowest BCUT2D eigenvalue weighted by atomic mass is 10.2. The SMILES string of the molecule is COc1cccc(CNCCNc2ccc([N+](=O)[O-])cc2Cl)c1OC. The molecule has 0 amide bonds. The van der Waals surface area contributed by atoms with Crippen LogP contribution in [0.3, 0.4) is 0 Å². The number of para-hydroxylation sites is 1. The lowest BCUT2D eigenvalue weighted by Gasteiger charge is -2.13. The van der Waals surface area contributed by atoms with Crippen molar-refractivity contribution in [2.75, 3.05) is 32.6 Å². The fraction of sp³-hybridized carbons (Fsp3) is 0.294. The highest BCUT2D eigenvalue weighted by Crippen LogP contribution is 2.30. The van der Waals surface area contributed by atoms with Crippen molar-refractivity contribution in [3.05, 3.63) is 57.1 Å². The van der Waals surface area contributed by atoms with Gasteiger partial charge < -0.3 is 20.1 Å². The smallest absolute Gasteiger partial charge is 0.271 e. The minimum absolute atomic E-state index is 0.0289. The van der Waals surface area contributed by atoms with Crippen molar-refractivity contribution >= 4 is 23.0 Å². The van der Waals surface area contributed by atoms with Gasteiger partial charge in [-0.1, -0.05) is 23.7 Å². The summed E-state index contributed by atoms with van der Waals surface area (Å²) in [5.74, 6) is 1.40. The number of ether oxygens (including phenoxy) is 2. The summed E-state index contributed by atoms with van der Waals surface area (Å²) in [7, 11) is 3.21. The molecule has 0 saturated heterocycles. The fourth-order valence-corrected chi connectivity index (χ4v) is 2.60. The first-order chi connectivity index (χ1) is 12.1. The Morgan fingerprint density at radius 3 is 2.60 bits per heavy atom. The first-order valence-electron chi connectivity index (χ1n) is 7.65. The lowest BCUT2D eigenvalue weighted by molar-refractivity contribution is -0.384. The van der Waals surface area contributed by atoms with Crippen molar-refractivity contribution in [2.45, 2.75) is 6.54 Å². The predicted molar refractivity (Wildman–Crippen MR) is 97.8 cm³/mol. The Bertz CT molecular complexity index is 740. The number of nitro benzene ring substituents is 1. The van der Waals surface area contributed by atoms with Crippen molar-refractivity contribution in [3.8, 4) is 11.5 Å². The minimum Gasteiger partial charge on any atom is -0.493 e. The molecule has 8 heteroatoms. The molecule has 7 nitrogen and oxygen atoms in total. The maximum atomic E-state index is 10.7. The van der Waals surface area contributed by atoms with Crippen LogP contribution in [0, 0.1) is 10.1 Å². The zero-order valence-corrected chi connectivity index (χ0v) is 14.8. The van der Waals surface area contributed by atoms with Crippen LogP contribution in [0.2, 0.25) is 5.02 Å². The van der Waals surface area contributed by atoms with Crippen LogP contribution in [0.15, 0.2) is 36.4 Å². The zero-order valence-electron chi connectivity index (χ0n) is 14.0. The van der Waals surface area contributed by atoms with E-state index in [1.54, 1.807) is 20.3 Å². The van der Waals surface area contributed by atoms with Gasteiger partial charge in [-0.3, -0.25) is 10.1 Å². The molecule has 2 N–H and O–H groups in total. The predicted octanol–water partition coefficient (Wildman–Crippen LogP) is 3.47. The van der Waals surface area contributed by atoms with Crippen molar-refractivity contribution in [1.82, 2.24) is 5.32 Å². The van der Waals surface area contributed by atoms with E-state index in [0.717, 1.165) is 5.56 Å². The normalized spacial score (nSPS) is 10.4. The molecule has 0 unspecified atom stereocenters. The van der Waals surface area contributed by atoms with Gasteiger partial charge >= 0.3 is 0 Å². The van der Waals surface area contributed by atoms with E-state index in [9.17, 15) is 10.1 Å². The number of benzene rings is 2. The Balaban J connectivity index is 1.84. The highest BCUT2D eigenvalue weighted by Gasteiger charge is 2.10. The molecule has 0 heterocycles. The second-order valence-corrected chi connectivity index (χ2v) is 5.58. The van der Waals surface area contributed by atoms with Crippen LogP contribution in [0.1, 0.15) is 5.56 Å². The molecule has 25 heavy (non-hydrogen) atoms. The van der Waals surface area contributed by atoms with Gasteiger partial charge in [0, 0.05) is 37.3 Å². The largest absolute Gasteiger partial charge is 0.493 e. The van der Waals surface area contributed by atoms with Crippen LogP contribution in [-0.4, -0.2) is 32.2 Å². The summed E-state index contributed by atoms with van der Waals surface area (Å²) in [5.41, 5.74) is 1.63. The van der Waals surface area contributed by atoms with Crippen molar-refractivity contribution in [1.29, 1.82) is 0 Å². The van der Waals surface area contributed by atoms with Crippen LogP contribution in [-0.2, 0) is 6.54 Å². The third-order valence-corrected chi connectivity index (χ3v) is 3.89. The number of methoxy groups -OCH3 is 2. The number of non-ortho nitro benzene ring substituents is 1. The lowest BCUT2D eigenvalue weighted by Crippen LogP contribution is -2.22. The summed E-state index contributed by atoms with van der Waals surface area (Å²) < 4.78 is 10.7. The Kier molecular flexibility index (Phi) is 6.85. The topological polar surface area (TPSA) is 85.7 Å². The average molecular weight is 366 g/mol. The summed E-state index contributed by atoms with van der Waals surface area (Å²) in [6, 6.07) is 10.1. The van der Waals surface area contributed by atoms with Crippen LogP contribution in [0.4, 0.5) is 11.4 Å². The van der Waals surface area contributed by atoms with E-state index in [1.165, 1.54) is 12.1 Å². The maximum absolute atomic E-state index is 10.7. The maximum Gasteiger partial charge on any atom is 0.271 e. The molecule has 2 rings (SSSR count). The fourth-order valence-electron chi connectivity index (χ4n) is 2.36. The Morgan fingerprint density at radius 2 is 1.96 bits per heavy atom. The number of hydrogen-bond acceptors (Lipinski definition) is 6. The van der Waals surface area contributed by atoms with E-state index in [4.69, 9.17) is 21.1 Å². The molecule has 134 valence electrons. The summed E-state index contributed by atoms with van der Waals surface area (Å²) >= 11 is 6.04. The molecular weight excluding hydrogens is 346 g/mol. The molecule has 0 fully saturated rings. The number of rotatable bonds is 9. The number of anilines is 1. The number of hydrogen-bond donors (Lipinski definition) is 2. The monoisotopic (exact) mass is 365 g/mol. The third-order valence-electron chi connectivity index (χ3n) is 3.58. The van der Waals surface area contributed by atoms with Crippen molar-refractivity contribution in [2.24, 2.45) is 0 Å².